The Kier molecular flexibility index (Phi) is 4.48. The number of hydrogen-bond donors (Lipinski definition) is 3. The fourth-order valence-corrected chi connectivity index (χ4v) is 3.93. The highest BCUT2D eigenvalue weighted by Crippen LogP contribution is 2.25. The van der Waals surface area contributed by atoms with E-state index in [1.54, 1.807) is 0 Å². The molecule has 6 nitrogen and oxygen atoms in total. The van der Waals surface area contributed by atoms with Crippen LogP contribution < -0.4 is 10.2 Å². The number of nitrogens with zero attached hydrogens (tertiary/aromatic N) is 2. The molecule has 2 aromatic heterocycles. The first kappa shape index (κ1) is 17.8. The van der Waals surface area contributed by atoms with Crippen LogP contribution in [-0.2, 0) is 0 Å². The lowest BCUT2D eigenvalue weighted by Crippen LogP contribution is -2.37. The van der Waals surface area contributed by atoms with Gasteiger partial charge in [-0.15, -0.1) is 0 Å². The third-order valence-corrected chi connectivity index (χ3v) is 5.63. The van der Waals surface area contributed by atoms with Gasteiger partial charge in [-0.2, -0.15) is 5.10 Å². The van der Waals surface area contributed by atoms with E-state index in [1.165, 1.54) is 0 Å². The van der Waals surface area contributed by atoms with Crippen LogP contribution in [0.2, 0.25) is 5.02 Å². The highest BCUT2D eigenvalue weighted by Gasteiger charge is 2.26. The van der Waals surface area contributed by atoms with Crippen molar-refractivity contribution in [2.24, 2.45) is 0 Å². The van der Waals surface area contributed by atoms with E-state index in [9.17, 15) is 4.79 Å². The fraction of sp³-hybridized carbons (Fsp3) is 0.182. The van der Waals surface area contributed by atoms with Crippen LogP contribution in [0.25, 0.3) is 22.2 Å². The minimum Gasteiger partial charge on any atom is -0.361 e. The van der Waals surface area contributed by atoms with Crippen LogP contribution in [0.4, 0.5) is 5.82 Å². The second kappa shape index (κ2) is 7.29. The quantitative estimate of drug-likeness (QED) is 0.475. The Morgan fingerprint density at radius 1 is 1.14 bits per heavy atom. The third-order valence-electron chi connectivity index (χ3n) is 5.38. The van der Waals surface area contributed by atoms with Crippen LogP contribution in [0.3, 0.4) is 0 Å². The molecule has 0 bridgehead atoms. The lowest BCUT2D eigenvalue weighted by molar-refractivity contribution is 0.0940. The van der Waals surface area contributed by atoms with Gasteiger partial charge in [0.25, 0.3) is 5.91 Å². The summed E-state index contributed by atoms with van der Waals surface area (Å²) in [5.41, 5.74) is 3.70. The van der Waals surface area contributed by atoms with Gasteiger partial charge in [0.15, 0.2) is 5.82 Å². The van der Waals surface area contributed by atoms with Crippen molar-refractivity contribution in [3.63, 3.8) is 0 Å². The molecule has 146 valence electrons. The van der Waals surface area contributed by atoms with Gasteiger partial charge in [-0.25, -0.2) is 0 Å². The number of halogens is 1. The summed E-state index contributed by atoms with van der Waals surface area (Å²) in [4.78, 5) is 18.0. The molecule has 29 heavy (non-hydrogen) atoms. The van der Waals surface area contributed by atoms with E-state index in [0.29, 0.717) is 10.6 Å². The number of rotatable bonds is 4. The molecule has 5 rings (SSSR count). The molecular formula is C22H20ClN5O. The van der Waals surface area contributed by atoms with E-state index < -0.39 is 0 Å². The van der Waals surface area contributed by atoms with Crippen molar-refractivity contribution in [2.75, 3.05) is 18.0 Å². The summed E-state index contributed by atoms with van der Waals surface area (Å²) in [5.74, 6) is 0.851. The normalized spacial score (nSPS) is 16.4. The third kappa shape index (κ3) is 3.59. The van der Waals surface area contributed by atoms with Crippen LogP contribution in [0.1, 0.15) is 16.8 Å². The molecule has 3 N–H and O–H groups in total. The molecule has 7 heteroatoms. The van der Waals surface area contributed by atoms with E-state index in [0.717, 1.165) is 47.5 Å². The SMILES string of the molecule is O=C(N[C@H]1CCN(c2cc(-c3ccc(Cl)cc3)[nH]n2)C1)c1ccc2[nH]ccc2c1. The maximum absolute atomic E-state index is 12.7. The maximum Gasteiger partial charge on any atom is 0.251 e. The molecule has 0 radical (unpaired) electrons. The van der Waals surface area contributed by atoms with E-state index >= 15 is 0 Å². The Bertz CT molecular complexity index is 1160. The number of aromatic amines is 2. The van der Waals surface area contributed by atoms with Crippen molar-refractivity contribution < 1.29 is 4.79 Å². The number of carbonyl (C=O) groups excluding carboxylic acids is 1. The number of aromatic nitrogens is 3. The first-order valence-electron chi connectivity index (χ1n) is 9.60. The number of H-pyrrole nitrogens is 2. The molecule has 1 aliphatic heterocycles. The summed E-state index contributed by atoms with van der Waals surface area (Å²) in [6.45, 7) is 1.59. The van der Waals surface area contributed by atoms with Crippen molar-refractivity contribution in [1.82, 2.24) is 20.5 Å². The molecule has 3 heterocycles. The lowest BCUT2D eigenvalue weighted by atomic mass is 10.1. The van der Waals surface area contributed by atoms with Crippen LogP contribution in [0, 0.1) is 0 Å². The number of anilines is 1. The molecule has 0 aliphatic carbocycles. The summed E-state index contributed by atoms with van der Waals surface area (Å²) in [7, 11) is 0. The Balaban J connectivity index is 1.24. The second-order valence-corrected chi connectivity index (χ2v) is 7.77. The van der Waals surface area contributed by atoms with Gasteiger partial charge in [-0.05, 0) is 48.4 Å². The highest BCUT2D eigenvalue weighted by atomic mass is 35.5. The van der Waals surface area contributed by atoms with Crippen LogP contribution in [0.5, 0.6) is 0 Å². The monoisotopic (exact) mass is 405 g/mol. The van der Waals surface area contributed by atoms with Crippen molar-refractivity contribution in [2.45, 2.75) is 12.5 Å². The predicted octanol–water partition coefficient (Wildman–Crippen LogP) is 4.22. The molecule has 1 saturated heterocycles. The average Bonchev–Trinajstić information content (AvgIpc) is 3.48. The largest absolute Gasteiger partial charge is 0.361 e. The molecule has 0 unspecified atom stereocenters. The van der Waals surface area contributed by atoms with Gasteiger partial charge in [0, 0.05) is 52.9 Å². The summed E-state index contributed by atoms with van der Waals surface area (Å²) in [6.07, 6.45) is 2.77. The van der Waals surface area contributed by atoms with Gasteiger partial charge >= 0.3 is 0 Å². The summed E-state index contributed by atoms with van der Waals surface area (Å²) < 4.78 is 0. The average molecular weight is 406 g/mol. The van der Waals surface area contributed by atoms with Gasteiger partial charge in [-0.3, -0.25) is 9.89 Å². The van der Waals surface area contributed by atoms with Crippen molar-refractivity contribution in [3.05, 3.63) is 71.4 Å². The zero-order chi connectivity index (χ0) is 19.8. The number of benzene rings is 2. The topological polar surface area (TPSA) is 76.8 Å². The standard InChI is InChI=1S/C22H20ClN5O/c23-17-4-1-14(2-5-17)20-12-21(27-26-20)28-10-8-18(13-28)25-22(29)16-3-6-19-15(11-16)7-9-24-19/h1-7,9,11-12,18,24H,8,10,13H2,(H,25,29)(H,26,27)/t18-/m0/s1. The minimum absolute atomic E-state index is 0.0381. The number of amides is 1. The Morgan fingerprint density at radius 2 is 2.00 bits per heavy atom. The molecule has 1 amide bonds. The van der Waals surface area contributed by atoms with E-state index in [-0.39, 0.29) is 11.9 Å². The van der Waals surface area contributed by atoms with Crippen LogP contribution in [-0.4, -0.2) is 40.2 Å². The van der Waals surface area contributed by atoms with Gasteiger partial charge in [-0.1, -0.05) is 23.7 Å². The van der Waals surface area contributed by atoms with Crippen LogP contribution >= 0.6 is 11.6 Å². The van der Waals surface area contributed by atoms with Crippen molar-refractivity contribution in [1.29, 1.82) is 0 Å². The van der Waals surface area contributed by atoms with Gasteiger partial charge in [0.1, 0.15) is 0 Å². The van der Waals surface area contributed by atoms with E-state index in [2.05, 4.69) is 25.4 Å². The molecule has 0 saturated carbocycles. The summed E-state index contributed by atoms with van der Waals surface area (Å²) in [6, 6.07) is 17.5. The minimum atomic E-state index is -0.0381. The van der Waals surface area contributed by atoms with Crippen LogP contribution in [0.15, 0.2) is 60.8 Å². The summed E-state index contributed by atoms with van der Waals surface area (Å²) in [5, 5.41) is 12.4. The van der Waals surface area contributed by atoms with E-state index in [1.807, 2.05) is 60.8 Å². The molecule has 1 fully saturated rings. The molecular weight excluding hydrogens is 386 g/mol. The molecule has 2 aromatic carbocycles. The molecule has 1 aliphatic rings. The second-order valence-electron chi connectivity index (χ2n) is 7.33. The molecule has 1 atom stereocenters. The Hall–Kier alpha value is -3.25. The summed E-state index contributed by atoms with van der Waals surface area (Å²) >= 11 is 5.96. The highest BCUT2D eigenvalue weighted by molar-refractivity contribution is 6.30. The number of carbonyl (C=O) groups is 1. The Labute approximate surface area is 172 Å². The molecule has 4 aromatic rings. The van der Waals surface area contributed by atoms with Crippen molar-refractivity contribution in [3.8, 4) is 11.3 Å². The molecule has 0 spiro atoms. The van der Waals surface area contributed by atoms with Gasteiger partial charge in [0.05, 0.1) is 5.69 Å². The smallest absolute Gasteiger partial charge is 0.251 e. The first-order valence-corrected chi connectivity index (χ1v) is 9.98. The number of nitrogens with one attached hydrogen (secondary N) is 3. The van der Waals surface area contributed by atoms with Gasteiger partial charge in [0.2, 0.25) is 0 Å². The number of fused-ring (bicyclic) bond motifs is 1. The number of hydrogen-bond acceptors (Lipinski definition) is 3. The van der Waals surface area contributed by atoms with Crippen molar-refractivity contribution >= 4 is 34.2 Å². The lowest BCUT2D eigenvalue weighted by Gasteiger charge is -2.16. The van der Waals surface area contributed by atoms with E-state index in [4.69, 9.17) is 11.6 Å². The zero-order valence-electron chi connectivity index (χ0n) is 15.7. The Morgan fingerprint density at radius 3 is 2.86 bits per heavy atom. The zero-order valence-corrected chi connectivity index (χ0v) is 16.4. The maximum atomic E-state index is 12.7. The first-order chi connectivity index (χ1) is 14.2. The predicted molar refractivity (Wildman–Crippen MR) is 115 cm³/mol. The fourth-order valence-electron chi connectivity index (χ4n) is 3.80. The van der Waals surface area contributed by atoms with Gasteiger partial charge < -0.3 is 15.2 Å².